The van der Waals surface area contributed by atoms with Crippen molar-refractivity contribution in [2.24, 2.45) is 0 Å². The molecule has 0 spiro atoms. The lowest BCUT2D eigenvalue weighted by Crippen LogP contribution is -2.17. The van der Waals surface area contributed by atoms with Crippen molar-refractivity contribution in [3.8, 4) is 0 Å². The van der Waals surface area contributed by atoms with Crippen LogP contribution in [0, 0.1) is 16.5 Å². The second-order valence-corrected chi connectivity index (χ2v) is 2.75. The van der Waals surface area contributed by atoms with Crippen molar-refractivity contribution in [3.05, 3.63) is 16.5 Å². The molecule has 0 bridgehead atoms. The summed E-state index contributed by atoms with van der Waals surface area (Å²) >= 11 is 0. The lowest BCUT2D eigenvalue weighted by Gasteiger charge is -2.02. The Labute approximate surface area is 60.6 Å². The molecule has 0 aromatic carbocycles. The van der Waals surface area contributed by atoms with Gasteiger partial charge in [-0.1, -0.05) is 6.42 Å². The van der Waals surface area contributed by atoms with Gasteiger partial charge in [0.15, 0.2) is 0 Å². The monoisotopic (exact) mass is 142 g/mol. The quantitative estimate of drug-likeness (QED) is 0.318. The minimum Gasteiger partial charge on any atom is -0.264 e. The highest BCUT2D eigenvalue weighted by Crippen LogP contribution is 2.17. The van der Waals surface area contributed by atoms with Gasteiger partial charge >= 0.3 is 0 Å². The van der Waals surface area contributed by atoms with Crippen molar-refractivity contribution in [3.63, 3.8) is 0 Å². The fraction of sp³-hybridized carbons (Fsp3) is 0.857. The summed E-state index contributed by atoms with van der Waals surface area (Å²) in [6.07, 6.45) is 6.69. The van der Waals surface area contributed by atoms with Gasteiger partial charge < -0.3 is 0 Å². The molecular formula is C7H12NO2. The summed E-state index contributed by atoms with van der Waals surface area (Å²) in [5.74, 6) is 0. The van der Waals surface area contributed by atoms with Crippen molar-refractivity contribution >= 4 is 0 Å². The molecule has 1 saturated carbocycles. The van der Waals surface area contributed by atoms with Crippen LogP contribution in [0.2, 0.25) is 0 Å². The zero-order valence-corrected chi connectivity index (χ0v) is 5.95. The van der Waals surface area contributed by atoms with Crippen molar-refractivity contribution in [2.75, 3.05) is 0 Å². The molecule has 57 valence electrons. The van der Waals surface area contributed by atoms with Crippen LogP contribution in [-0.2, 0) is 0 Å². The van der Waals surface area contributed by atoms with Crippen LogP contribution in [0.3, 0.4) is 0 Å². The van der Waals surface area contributed by atoms with E-state index in [1.807, 2.05) is 6.42 Å². The maximum atomic E-state index is 10.3. The number of hydrogen-bond donors (Lipinski definition) is 0. The van der Waals surface area contributed by atoms with E-state index in [9.17, 15) is 10.1 Å². The topological polar surface area (TPSA) is 43.1 Å². The Morgan fingerprint density at radius 3 is 3.00 bits per heavy atom. The molecule has 0 N–H and O–H groups in total. The highest BCUT2D eigenvalue weighted by molar-refractivity contribution is 4.74. The van der Waals surface area contributed by atoms with Gasteiger partial charge in [-0.25, -0.2) is 0 Å². The third kappa shape index (κ3) is 1.97. The van der Waals surface area contributed by atoms with Crippen molar-refractivity contribution < 1.29 is 4.92 Å². The summed E-state index contributed by atoms with van der Waals surface area (Å²) in [5, 5.41) is 10.3. The molecule has 0 aromatic rings. The second kappa shape index (κ2) is 3.54. The molecule has 0 saturated heterocycles. The van der Waals surface area contributed by atoms with E-state index >= 15 is 0 Å². The fourth-order valence-corrected chi connectivity index (χ4v) is 1.29. The molecule has 3 heteroatoms. The van der Waals surface area contributed by atoms with Gasteiger partial charge in [0.2, 0.25) is 6.04 Å². The van der Waals surface area contributed by atoms with Gasteiger partial charge in [-0.05, 0) is 19.3 Å². The minimum absolute atomic E-state index is 0.151. The predicted molar refractivity (Wildman–Crippen MR) is 38.2 cm³/mol. The zero-order chi connectivity index (χ0) is 7.40. The van der Waals surface area contributed by atoms with Crippen molar-refractivity contribution in [2.45, 2.75) is 38.1 Å². The lowest BCUT2D eigenvalue weighted by atomic mass is 10.1. The van der Waals surface area contributed by atoms with E-state index < -0.39 is 0 Å². The molecule has 1 rings (SSSR count). The van der Waals surface area contributed by atoms with E-state index in [4.69, 9.17) is 0 Å². The van der Waals surface area contributed by atoms with Crippen LogP contribution in [0.25, 0.3) is 0 Å². The first-order valence-corrected chi connectivity index (χ1v) is 3.76. The average Bonchev–Trinajstić information content (AvgIpc) is 2.12. The number of nitrogens with zero attached hydrogens (tertiary/aromatic N) is 1. The molecule has 1 aliphatic carbocycles. The SMILES string of the molecule is O=[N+]([O-])C1C[CH]CCCC1. The molecular weight excluding hydrogens is 130 g/mol. The maximum absolute atomic E-state index is 10.3. The van der Waals surface area contributed by atoms with Gasteiger partial charge in [-0.2, -0.15) is 0 Å². The first-order chi connectivity index (χ1) is 4.80. The summed E-state index contributed by atoms with van der Waals surface area (Å²) in [4.78, 5) is 10.1. The molecule has 0 aromatic heterocycles. The molecule has 0 amide bonds. The molecule has 0 aliphatic heterocycles. The van der Waals surface area contributed by atoms with Crippen LogP contribution in [0.15, 0.2) is 0 Å². The Bertz CT molecular complexity index is 117. The number of hydrogen-bond acceptors (Lipinski definition) is 2. The highest BCUT2D eigenvalue weighted by Gasteiger charge is 2.20. The Kier molecular flexibility index (Phi) is 2.66. The summed E-state index contributed by atoms with van der Waals surface area (Å²) in [5.41, 5.74) is 0. The third-order valence-electron chi connectivity index (χ3n) is 1.93. The molecule has 10 heavy (non-hydrogen) atoms. The lowest BCUT2D eigenvalue weighted by molar-refractivity contribution is -0.522. The van der Waals surface area contributed by atoms with E-state index in [0.717, 1.165) is 25.7 Å². The standard InChI is InChI=1S/C7H12NO2/c9-8(10)7-5-3-1-2-4-6-7/h3,7H,1-2,4-6H2. The van der Waals surface area contributed by atoms with Crippen LogP contribution in [0.1, 0.15) is 32.1 Å². The Hall–Kier alpha value is -0.600. The average molecular weight is 142 g/mol. The van der Waals surface area contributed by atoms with Crippen LogP contribution < -0.4 is 0 Å². The molecule has 3 nitrogen and oxygen atoms in total. The summed E-state index contributed by atoms with van der Waals surface area (Å²) in [7, 11) is 0. The Morgan fingerprint density at radius 1 is 1.50 bits per heavy atom. The maximum Gasteiger partial charge on any atom is 0.213 e. The summed E-state index contributed by atoms with van der Waals surface area (Å²) in [6.45, 7) is 0. The number of rotatable bonds is 1. The normalized spacial score (nSPS) is 22.0. The van der Waals surface area contributed by atoms with Gasteiger partial charge in [0.25, 0.3) is 0 Å². The van der Waals surface area contributed by atoms with E-state index in [1.165, 1.54) is 0 Å². The first kappa shape index (κ1) is 7.51. The van der Waals surface area contributed by atoms with Crippen molar-refractivity contribution in [1.82, 2.24) is 0 Å². The largest absolute Gasteiger partial charge is 0.264 e. The molecule has 0 heterocycles. The van der Waals surface area contributed by atoms with Gasteiger partial charge in [-0.15, -0.1) is 0 Å². The number of nitro groups is 1. The molecule has 1 radical (unpaired) electrons. The van der Waals surface area contributed by atoms with Crippen LogP contribution in [-0.4, -0.2) is 11.0 Å². The van der Waals surface area contributed by atoms with E-state index in [-0.39, 0.29) is 11.0 Å². The fourth-order valence-electron chi connectivity index (χ4n) is 1.29. The van der Waals surface area contributed by atoms with E-state index in [1.54, 1.807) is 0 Å². The van der Waals surface area contributed by atoms with E-state index in [2.05, 4.69) is 0 Å². The predicted octanol–water partition coefficient (Wildman–Crippen LogP) is 1.80. The Balaban J connectivity index is 2.35. The van der Waals surface area contributed by atoms with Crippen LogP contribution >= 0.6 is 0 Å². The smallest absolute Gasteiger partial charge is 0.213 e. The molecule has 1 atom stereocenters. The molecule has 1 unspecified atom stereocenters. The first-order valence-electron chi connectivity index (χ1n) is 3.76. The van der Waals surface area contributed by atoms with Gasteiger partial charge in [0.1, 0.15) is 0 Å². The van der Waals surface area contributed by atoms with Crippen molar-refractivity contribution in [1.29, 1.82) is 0 Å². The third-order valence-corrected chi connectivity index (χ3v) is 1.93. The van der Waals surface area contributed by atoms with E-state index in [0.29, 0.717) is 6.42 Å². The zero-order valence-electron chi connectivity index (χ0n) is 5.95. The molecule has 1 aliphatic rings. The second-order valence-electron chi connectivity index (χ2n) is 2.75. The Morgan fingerprint density at radius 2 is 2.30 bits per heavy atom. The summed E-state index contributed by atoms with van der Waals surface area (Å²) in [6, 6.07) is -0.289. The minimum atomic E-state index is -0.289. The highest BCUT2D eigenvalue weighted by atomic mass is 16.6. The summed E-state index contributed by atoms with van der Waals surface area (Å²) < 4.78 is 0. The van der Waals surface area contributed by atoms with Gasteiger partial charge in [0, 0.05) is 17.8 Å². The van der Waals surface area contributed by atoms with Crippen LogP contribution in [0.4, 0.5) is 0 Å². The molecule has 1 fully saturated rings. The van der Waals surface area contributed by atoms with Crippen LogP contribution in [0.5, 0.6) is 0 Å². The van der Waals surface area contributed by atoms with Gasteiger partial charge in [0.05, 0.1) is 0 Å². The van der Waals surface area contributed by atoms with Gasteiger partial charge in [-0.3, -0.25) is 10.1 Å².